The van der Waals surface area contributed by atoms with Crippen LogP contribution in [0.1, 0.15) is 54.1 Å². The summed E-state index contributed by atoms with van der Waals surface area (Å²) in [5.74, 6) is -0.0533. The molecule has 110 valence electrons. The molecule has 0 radical (unpaired) electrons. The monoisotopic (exact) mass is 282 g/mol. The van der Waals surface area contributed by atoms with Crippen molar-refractivity contribution in [2.45, 2.75) is 39.0 Å². The van der Waals surface area contributed by atoms with Crippen molar-refractivity contribution >= 4 is 5.78 Å². The van der Waals surface area contributed by atoms with Gasteiger partial charge in [0.15, 0.2) is 5.78 Å². The Bertz CT molecular complexity index is 602. The van der Waals surface area contributed by atoms with E-state index in [9.17, 15) is 9.90 Å². The highest BCUT2D eigenvalue weighted by atomic mass is 16.3. The Hall–Kier alpha value is -2.09. The summed E-state index contributed by atoms with van der Waals surface area (Å²) in [5.41, 5.74) is 2.15. The first-order valence-corrected chi connectivity index (χ1v) is 7.64. The molecule has 0 heterocycles. The Morgan fingerprint density at radius 2 is 1.57 bits per heavy atom. The van der Waals surface area contributed by atoms with Crippen LogP contribution >= 0.6 is 0 Å². The summed E-state index contributed by atoms with van der Waals surface area (Å²) in [7, 11) is 0. The third kappa shape index (κ3) is 3.94. The number of benzene rings is 2. The molecule has 0 unspecified atom stereocenters. The third-order valence-corrected chi connectivity index (χ3v) is 3.71. The molecule has 0 spiro atoms. The lowest BCUT2D eigenvalue weighted by Gasteiger charge is -2.09. The second-order valence-corrected chi connectivity index (χ2v) is 5.31. The molecule has 2 aromatic rings. The maximum atomic E-state index is 12.6. The van der Waals surface area contributed by atoms with E-state index in [1.165, 1.54) is 19.3 Å². The number of unbranched alkanes of at least 4 members (excludes halogenated alkanes) is 3. The van der Waals surface area contributed by atoms with E-state index in [4.69, 9.17) is 0 Å². The van der Waals surface area contributed by atoms with Crippen molar-refractivity contribution in [3.8, 4) is 5.75 Å². The number of hydrogen-bond acceptors (Lipinski definition) is 2. The van der Waals surface area contributed by atoms with Crippen LogP contribution in [0.2, 0.25) is 0 Å². The van der Waals surface area contributed by atoms with Crippen LogP contribution in [0.25, 0.3) is 0 Å². The molecule has 0 fully saturated rings. The molecule has 0 aromatic heterocycles. The lowest BCUT2D eigenvalue weighted by molar-refractivity contribution is 0.103. The molecule has 0 aliphatic rings. The van der Waals surface area contributed by atoms with Gasteiger partial charge in [0.1, 0.15) is 5.75 Å². The molecule has 0 amide bonds. The standard InChI is InChI=1S/C19H22O2/c1-2-3-4-5-10-15-11-6-7-12-16(15)19(21)17-13-8-9-14-18(17)20/h6-9,11-14,20H,2-5,10H2,1H3. The Kier molecular flexibility index (Phi) is 5.56. The van der Waals surface area contributed by atoms with Gasteiger partial charge in [0.25, 0.3) is 0 Å². The number of ketones is 1. The average molecular weight is 282 g/mol. The molecule has 0 saturated carbocycles. The summed E-state index contributed by atoms with van der Waals surface area (Å²) in [6.07, 6.45) is 5.64. The minimum absolute atomic E-state index is 0.0447. The molecule has 2 nitrogen and oxygen atoms in total. The highest BCUT2D eigenvalue weighted by Crippen LogP contribution is 2.22. The van der Waals surface area contributed by atoms with Gasteiger partial charge in [-0.3, -0.25) is 4.79 Å². The maximum absolute atomic E-state index is 12.6. The van der Waals surface area contributed by atoms with Gasteiger partial charge in [-0.05, 0) is 30.5 Å². The van der Waals surface area contributed by atoms with E-state index in [1.54, 1.807) is 24.3 Å². The van der Waals surface area contributed by atoms with Gasteiger partial charge < -0.3 is 5.11 Å². The fraction of sp³-hybridized carbons (Fsp3) is 0.316. The second-order valence-electron chi connectivity index (χ2n) is 5.31. The Morgan fingerprint density at radius 1 is 0.905 bits per heavy atom. The van der Waals surface area contributed by atoms with Gasteiger partial charge in [-0.1, -0.05) is 62.6 Å². The average Bonchev–Trinajstić information content (AvgIpc) is 2.52. The van der Waals surface area contributed by atoms with Gasteiger partial charge in [-0.15, -0.1) is 0 Å². The van der Waals surface area contributed by atoms with Crippen molar-refractivity contribution < 1.29 is 9.90 Å². The third-order valence-electron chi connectivity index (χ3n) is 3.71. The fourth-order valence-corrected chi connectivity index (χ4v) is 2.51. The number of phenols is 1. The van der Waals surface area contributed by atoms with E-state index in [-0.39, 0.29) is 11.5 Å². The fourth-order valence-electron chi connectivity index (χ4n) is 2.51. The van der Waals surface area contributed by atoms with E-state index in [1.807, 2.05) is 24.3 Å². The summed E-state index contributed by atoms with van der Waals surface area (Å²) >= 11 is 0. The zero-order valence-corrected chi connectivity index (χ0v) is 12.5. The number of carbonyl (C=O) groups excluding carboxylic acids is 1. The summed E-state index contributed by atoms with van der Waals surface area (Å²) in [6, 6.07) is 14.4. The van der Waals surface area contributed by atoms with Crippen LogP contribution < -0.4 is 0 Å². The van der Waals surface area contributed by atoms with Crippen LogP contribution in [0.15, 0.2) is 48.5 Å². The van der Waals surface area contributed by atoms with E-state index in [0.29, 0.717) is 11.1 Å². The number of para-hydroxylation sites is 1. The molecule has 1 N–H and O–H groups in total. The molecular formula is C19H22O2. The van der Waals surface area contributed by atoms with E-state index >= 15 is 0 Å². The molecule has 0 bridgehead atoms. The quantitative estimate of drug-likeness (QED) is 0.588. The topological polar surface area (TPSA) is 37.3 Å². The number of hydrogen-bond donors (Lipinski definition) is 1. The zero-order valence-electron chi connectivity index (χ0n) is 12.5. The summed E-state index contributed by atoms with van der Waals surface area (Å²) in [4.78, 5) is 12.6. The minimum Gasteiger partial charge on any atom is -0.507 e. The number of aromatic hydroxyl groups is 1. The van der Waals surface area contributed by atoms with Crippen molar-refractivity contribution in [2.24, 2.45) is 0 Å². The van der Waals surface area contributed by atoms with E-state index in [2.05, 4.69) is 6.92 Å². The van der Waals surface area contributed by atoms with Crippen LogP contribution in [0.3, 0.4) is 0 Å². The van der Waals surface area contributed by atoms with Crippen LogP contribution in [-0.4, -0.2) is 10.9 Å². The van der Waals surface area contributed by atoms with Gasteiger partial charge in [-0.2, -0.15) is 0 Å². The van der Waals surface area contributed by atoms with Crippen LogP contribution in [-0.2, 0) is 6.42 Å². The van der Waals surface area contributed by atoms with Crippen molar-refractivity contribution in [1.82, 2.24) is 0 Å². The van der Waals surface area contributed by atoms with E-state index in [0.717, 1.165) is 18.4 Å². The van der Waals surface area contributed by atoms with Crippen molar-refractivity contribution in [3.05, 3.63) is 65.2 Å². The van der Waals surface area contributed by atoms with Crippen molar-refractivity contribution in [3.63, 3.8) is 0 Å². The molecule has 0 atom stereocenters. The predicted octanol–water partition coefficient (Wildman–Crippen LogP) is 4.75. The van der Waals surface area contributed by atoms with Gasteiger partial charge in [-0.25, -0.2) is 0 Å². The smallest absolute Gasteiger partial charge is 0.197 e. The number of carbonyl (C=O) groups is 1. The minimum atomic E-state index is -0.0980. The lowest BCUT2D eigenvalue weighted by atomic mass is 9.94. The van der Waals surface area contributed by atoms with Crippen LogP contribution in [0.4, 0.5) is 0 Å². The first-order valence-electron chi connectivity index (χ1n) is 7.64. The molecule has 21 heavy (non-hydrogen) atoms. The highest BCUT2D eigenvalue weighted by molar-refractivity contribution is 6.11. The molecule has 0 aliphatic heterocycles. The van der Waals surface area contributed by atoms with E-state index < -0.39 is 0 Å². The molecule has 2 aromatic carbocycles. The van der Waals surface area contributed by atoms with Gasteiger partial charge in [0, 0.05) is 5.56 Å². The van der Waals surface area contributed by atoms with Crippen molar-refractivity contribution in [2.75, 3.05) is 0 Å². The molecule has 2 rings (SSSR count). The molecular weight excluding hydrogens is 260 g/mol. The van der Waals surface area contributed by atoms with Crippen molar-refractivity contribution in [1.29, 1.82) is 0 Å². The molecule has 0 saturated heterocycles. The first kappa shape index (κ1) is 15.3. The zero-order chi connectivity index (χ0) is 15.1. The number of phenolic OH excluding ortho intramolecular Hbond substituents is 1. The first-order chi connectivity index (χ1) is 10.2. The second kappa shape index (κ2) is 7.63. The largest absolute Gasteiger partial charge is 0.507 e. The predicted molar refractivity (Wildman–Crippen MR) is 85.8 cm³/mol. The molecule has 2 heteroatoms. The number of aryl methyl sites for hydroxylation is 1. The number of rotatable bonds is 7. The van der Waals surface area contributed by atoms with Crippen LogP contribution in [0, 0.1) is 0 Å². The SMILES string of the molecule is CCCCCCc1ccccc1C(=O)c1ccccc1O. The van der Waals surface area contributed by atoms with Crippen LogP contribution in [0.5, 0.6) is 5.75 Å². The summed E-state index contributed by atoms with van der Waals surface area (Å²) in [6.45, 7) is 2.19. The Balaban J connectivity index is 2.19. The van der Waals surface area contributed by atoms with Gasteiger partial charge in [0.05, 0.1) is 5.56 Å². The van der Waals surface area contributed by atoms with Gasteiger partial charge in [0.2, 0.25) is 0 Å². The normalized spacial score (nSPS) is 10.5. The maximum Gasteiger partial charge on any atom is 0.197 e. The van der Waals surface area contributed by atoms with Gasteiger partial charge >= 0.3 is 0 Å². The Morgan fingerprint density at radius 3 is 2.29 bits per heavy atom. The lowest BCUT2D eigenvalue weighted by Crippen LogP contribution is -2.06. The highest BCUT2D eigenvalue weighted by Gasteiger charge is 2.15. The molecule has 0 aliphatic carbocycles. The Labute approximate surface area is 126 Å². The summed E-state index contributed by atoms with van der Waals surface area (Å²) < 4.78 is 0. The summed E-state index contributed by atoms with van der Waals surface area (Å²) in [5, 5.41) is 9.86.